The van der Waals surface area contributed by atoms with Crippen molar-refractivity contribution in [2.45, 2.75) is 32.7 Å². The molecule has 0 radical (unpaired) electrons. The molecule has 0 spiro atoms. The van der Waals surface area contributed by atoms with Gasteiger partial charge in [-0.1, -0.05) is 55.0 Å². The van der Waals surface area contributed by atoms with Gasteiger partial charge in [-0.2, -0.15) is 0 Å². The number of hydrogen-bond acceptors (Lipinski definition) is 3. The van der Waals surface area contributed by atoms with E-state index in [9.17, 15) is 0 Å². The normalized spacial score (nSPS) is 14.7. The molecule has 1 aliphatic heterocycles. The zero-order valence-corrected chi connectivity index (χ0v) is 18.0. The van der Waals surface area contributed by atoms with E-state index >= 15 is 0 Å². The molecule has 0 N–H and O–H groups in total. The Bertz CT molecular complexity index is 1010. The highest BCUT2D eigenvalue weighted by Crippen LogP contribution is 2.29. The van der Waals surface area contributed by atoms with Crippen LogP contribution in [0.2, 0.25) is 0 Å². The summed E-state index contributed by atoms with van der Waals surface area (Å²) in [6, 6.07) is 23.5. The maximum Gasteiger partial charge on any atom is 0.119 e. The molecule has 2 aromatic carbocycles. The van der Waals surface area contributed by atoms with Gasteiger partial charge in [-0.05, 0) is 65.8 Å². The van der Waals surface area contributed by atoms with Crippen LogP contribution in [0.5, 0.6) is 5.75 Å². The fraction of sp³-hybridized carbons (Fsp3) is 0.296. The smallest absolute Gasteiger partial charge is 0.119 e. The highest BCUT2D eigenvalue weighted by Gasteiger charge is 2.20. The summed E-state index contributed by atoms with van der Waals surface area (Å²) in [4.78, 5) is 7.31. The number of benzene rings is 2. The second-order valence-electron chi connectivity index (χ2n) is 7.96. The SMILES string of the molecule is CCC1=C(c2cc(Cc3cccc(OC)c3)ccn2)CN(Cc2ccccc2)CC1. The third kappa shape index (κ3) is 4.98. The van der Waals surface area contributed by atoms with Gasteiger partial charge in [0.25, 0.3) is 0 Å². The van der Waals surface area contributed by atoms with Gasteiger partial charge in [0.1, 0.15) is 5.75 Å². The summed E-state index contributed by atoms with van der Waals surface area (Å²) in [5.41, 5.74) is 8.00. The zero-order chi connectivity index (χ0) is 20.8. The Morgan fingerprint density at radius 2 is 1.73 bits per heavy atom. The molecule has 154 valence electrons. The van der Waals surface area contributed by atoms with Crippen LogP contribution in [0.15, 0.2) is 78.5 Å². The topological polar surface area (TPSA) is 25.4 Å². The largest absolute Gasteiger partial charge is 0.497 e. The van der Waals surface area contributed by atoms with Crippen molar-refractivity contribution in [2.24, 2.45) is 0 Å². The van der Waals surface area contributed by atoms with Crippen molar-refractivity contribution < 1.29 is 4.74 Å². The van der Waals surface area contributed by atoms with Gasteiger partial charge in [0.2, 0.25) is 0 Å². The number of pyridine rings is 1. The van der Waals surface area contributed by atoms with Gasteiger partial charge in [0.05, 0.1) is 12.8 Å². The molecule has 3 heteroatoms. The summed E-state index contributed by atoms with van der Waals surface area (Å²) in [5.74, 6) is 0.904. The van der Waals surface area contributed by atoms with Crippen LogP contribution >= 0.6 is 0 Å². The number of ether oxygens (including phenoxy) is 1. The van der Waals surface area contributed by atoms with Gasteiger partial charge in [0.15, 0.2) is 0 Å². The van der Waals surface area contributed by atoms with E-state index in [1.807, 2.05) is 12.3 Å². The Morgan fingerprint density at radius 3 is 2.53 bits per heavy atom. The Balaban J connectivity index is 1.54. The fourth-order valence-corrected chi connectivity index (χ4v) is 4.25. The molecule has 0 unspecified atom stereocenters. The molecule has 0 aliphatic carbocycles. The minimum Gasteiger partial charge on any atom is -0.497 e. The summed E-state index contributed by atoms with van der Waals surface area (Å²) >= 11 is 0. The van der Waals surface area contributed by atoms with Crippen LogP contribution in [0.1, 0.15) is 42.1 Å². The van der Waals surface area contributed by atoms with E-state index in [2.05, 4.69) is 72.5 Å². The van der Waals surface area contributed by atoms with Gasteiger partial charge in [-0.15, -0.1) is 0 Å². The first-order chi connectivity index (χ1) is 14.7. The minimum absolute atomic E-state index is 0.884. The molecule has 0 atom stereocenters. The number of methoxy groups -OCH3 is 1. The highest BCUT2D eigenvalue weighted by molar-refractivity contribution is 5.68. The third-order valence-electron chi connectivity index (χ3n) is 5.89. The monoisotopic (exact) mass is 398 g/mol. The van der Waals surface area contributed by atoms with Crippen molar-refractivity contribution in [3.05, 3.63) is 101 Å². The van der Waals surface area contributed by atoms with Crippen LogP contribution < -0.4 is 4.74 Å². The van der Waals surface area contributed by atoms with Gasteiger partial charge in [-0.25, -0.2) is 0 Å². The number of hydrogen-bond donors (Lipinski definition) is 0. The van der Waals surface area contributed by atoms with E-state index in [0.29, 0.717) is 0 Å². The quantitative estimate of drug-likeness (QED) is 0.507. The molecule has 2 heterocycles. The molecule has 0 amide bonds. The van der Waals surface area contributed by atoms with Gasteiger partial charge < -0.3 is 4.74 Å². The molecule has 1 aliphatic rings. The molecular weight excluding hydrogens is 368 g/mol. The van der Waals surface area contributed by atoms with Crippen LogP contribution in [0.25, 0.3) is 5.57 Å². The summed E-state index contributed by atoms with van der Waals surface area (Å²) in [7, 11) is 1.71. The second kappa shape index (κ2) is 9.73. The first-order valence-corrected chi connectivity index (χ1v) is 10.8. The van der Waals surface area contributed by atoms with Gasteiger partial charge >= 0.3 is 0 Å². The Labute approximate surface area is 180 Å². The van der Waals surface area contributed by atoms with Crippen LogP contribution in [0.3, 0.4) is 0 Å². The van der Waals surface area contributed by atoms with E-state index in [-0.39, 0.29) is 0 Å². The summed E-state index contributed by atoms with van der Waals surface area (Å²) in [6.45, 7) is 5.34. The van der Waals surface area contributed by atoms with Crippen molar-refractivity contribution >= 4 is 5.57 Å². The highest BCUT2D eigenvalue weighted by atomic mass is 16.5. The second-order valence-corrected chi connectivity index (χ2v) is 7.96. The first-order valence-electron chi connectivity index (χ1n) is 10.8. The van der Waals surface area contributed by atoms with E-state index in [1.165, 1.54) is 22.3 Å². The average molecular weight is 399 g/mol. The molecule has 4 rings (SSSR count). The van der Waals surface area contributed by atoms with Crippen molar-refractivity contribution in [1.29, 1.82) is 0 Å². The lowest BCUT2D eigenvalue weighted by Crippen LogP contribution is -2.31. The molecular formula is C27H30N2O. The van der Waals surface area contributed by atoms with E-state index in [4.69, 9.17) is 9.72 Å². The van der Waals surface area contributed by atoms with Crippen LogP contribution in [0.4, 0.5) is 0 Å². The van der Waals surface area contributed by atoms with E-state index in [1.54, 1.807) is 12.7 Å². The van der Waals surface area contributed by atoms with E-state index in [0.717, 1.165) is 50.3 Å². The Morgan fingerprint density at radius 1 is 0.933 bits per heavy atom. The number of nitrogens with zero attached hydrogens (tertiary/aromatic N) is 2. The van der Waals surface area contributed by atoms with Crippen LogP contribution in [-0.2, 0) is 13.0 Å². The van der Waals surface area contributed by atoms with E-state index < -0.39 is 0 Å². The van der Waals surface area contributed by atoms with Crippen molar-refractivity contribution in [3.8, 4) is 5.75 Å². The molecule has 30 heavy (non-hydrogen) atoms. The molecule has 0 fully saturated rings. The van der Waals surface area contributed by atoms with Crippen LogP contribution in [0, 0.1) is 0 Å². The summed E-state index contributed by atoms with van der Waals surface area (Å²) in [6.07, 6.45) is 5.06. The lowest BCUT2D eigenvalue weighted by Gasteiger charge is -2.30. The molecule has 0 saturated heterocycles. The molecule has 3 nitrogen and oxygen atoms in total. The van der Waals surface area contributed by atoms with Crippen LogP contribution in [-0.4, -0.2) is 30.1 Å². The minimum atomic E-state index is 0.884. The van der Waals surface area contributed by atoms with Crippen molar-refractivity contribution in [3.63, 3.8) is 0 Å². The number of rotatable bonds is 7. The molecule has 0 saturated carbocycles. The Hall–Kier alpha value is -2.91. The fourth-order valence-electron chi connectivity index (χ4n) is 4.25. The summed E-state index contributed by atoms with van der Waals surface area (Å²) in [5, 5.41) is 0. The molecule has 0 bridgehead atoms. The first kappa shape index (κ1) is 20.4. The van der Waals surface area contributed by atoms with Gasteiger partial charge in [0, 0.05) is 25.8 Å². The zero-order valence-electron chi connectivity index (χ0n) is 18.0. The maximum absolute atomic E-state index is 5.38. The predicted octanol–water partition coefficient (Wildman–Crippen LogP) is 5.75. The molecule has 1 aromatic heterocycles. The summed E-state index contributed by atoms with van der Waals surface area (Å²) < 4.78 is 5.38. The Kier molecular flexibility index (Phi) is 6.60. The standard InChI is InChI=1S/C27H30N2O/c1-3-24-13-15-29(19-21-8-5-4-6-9-21)20-26(24)27-18-23(12-14-28-27)16-22-10-7-11-25(17-22)30-2/h4-12,14,17-18H,3,13,15-16,19-20H2,1-2H3. The van der Waals surface area contributed by atoms with Crippen molar-refractivity contribution in [1.82, 2.24) is 9.88 Å². The van der Waals surface area contributed by atoms with Crippen molar-refractivity contribution in [2.75, 3.05) is 20.2 Å². The number of aromatic nitrogens is 1. The average Bonchev–Trinajstić information content (AvgIpc) is 2.80. The van der Waals surface area contributed by atoms with Gasteiger partial charge in [-0.3, -0.25) is 9.88 Å². The molecule has 3 aromatic rings. The maximum atomic E-state index is 5.38. The third-order valence-corrected chi connectivity index (χ3v) is 5.89. The predicted molar refractivity (Wildman–Crippen MR) is 124 cm³/mol. The lowest BCUT2D eigenvalue weighted by atomic mass is 9.93. The lowest BCUT2D eigenvalue weighted by molar-refractivity contribution is 0.290.